The first kappa shape index (κ1) is 16.5. The molecule has 4 nitrogen and oxygen atoms in total. The van der Waals surface area contributed by atoms with E-state index in [9.17, 15) is 4.39 Å². The van der Waals surface area contributed by atoms with Crippen LogP contribution in [0.15, 0.2) is 42.7 Å². The number of rotatable bonds is 7. The number of nitrogens with one attached hydrogen (secondary N) is 1. The van der Waals surface area contributed by atoms with Crippen molar-refractivity contribution in [3.63, 3.8) is 0 Å². The fourth-order valence-electron chi connectivity index (χ4n) is 2.59. The molecule has 3 rings (SSSR count). The second kappa shape index (κ2) is 7.45. The summed E-state index contributed by atoms with van der Waals surface area (Å²) in [6, 6.07) is 8.74. The Hall–Kier alpha value is -2.40. The number of benzene rings is 1. The molecule has 1 N–H and O–H groups in total. The van der Waals surface area contributed by atoms with Gasteiger partial charge >= 0.3 is 0 Å². The van der Waals surface area contributed by atoms with Crippen LogP contribution in [0.1, 0.15) is 25.3 Å². The van der Waals surface area contributed by atoms with Gasteiger partial charge in [-0.25, -0.2) is 9.37 Å². The fourth-order valence-corrected chi connectivity index (χ4v) is 2.59. The van der Waals surface area contributed by atoms with Gasteiger partial charge in [-0.2, -0.15) is 0 Å². The molecule has 2 heterocycles. The summed E-state index contributed by atoms with van der Waals surface area (Å²) in [5.74, 6) is 0.535. The second-order valence-electron chi connectivity index (χ2n) is 5.85. The third kappa shape index (κ3) is 3.74. The maximum atomic E-state index is 13.5. The smallest absolute Gasteiger partial charge is 0.147 e. The van der Waals surface area contributed by atoms with Crippen LogP contribution in [0, 0.1) is 12.7 Å². The van der Waals surface area contributed by atoms with Crippen molar-refractivity contribution in [3.8, 4) is 11.1 Å². The molecule has 0 atom stereocenters. The number of unbranched alkanes of at least 4 members (excludes halogenated alkanes) is 1. The number of pyridine rings is 1. The van der Waals surface area contributed by atoms with E-state index in [1.165, 1.54) is 6.07 Å². The normalized spacial score (nSPS) is 11.1. The molecule has 0 unspecified atom stereocenters. The van der Waals surface area contributed by atoms with E-state index in [0.29, 0.717) is 6.73 Å². The van der Waals surface area contributed by atoms with Crippen LogP contribution >= 0.6 is 0 Å². The molecule has 0 radical (unpaired) electrons. The molecule has 0 spiro atoms. The van der Waals surface area contributed by atoms with Crippen molar-refractivity contribution in [1.82, 2.24) is 9.38 Å². The first-order valence-corrected chi connectivity index (χ1v) is 8.24. The van der Waals surface area contributed by atoms with E-state index < -0.39 is 0 Å². The van der Waals surface area contributed by atoms with Gasteiger partial charge in [0.2, 0.25) is 0 Å². The zero-order chi connectivity index (χ0) is 16.9. The molecule has 0 aliphatic carbocycles. The van der Waals surface area contributed by atoms with Crippen molar-refractivity contribution in [2.24, 2.45) is 0 Å². The van der Waals surface area contributed by atoms with Gasteiger partial charge in [0.25, 0.3) is 0 Å². The topological polar surface area (TPSA) is 38.6 Å². The molecule has 0 fully saturated rings. The maximum absolute atomic E-state index is 13.5. The highest BCUT2D eigenvalue weighted by Gasteiger charge is 2.07. The van der Waals surface area contributed by atoms with Gasteiger partial charge in [0.1, 0.15) is 24.0 Å². The van der Waals surface area contributed by atoms with Crippen LogP contribution in [0.25, 0.3) is 16.8 Å². The van der Waals surface area contributed by atoms with Crippen LogP contribution in [0.4, 0.5) is 10.2 Å². The number of nitrogens with zero attached hydrogens (tertiary/aromatic N) is 2. The highest BCUT2D eigenvalue weighted by molar-refractivity contribution is 5.68. The van der Waals surface area contributed by atoms with Crippen molar-refractivity contribution in [2.75, 3.05) is 18.7 Å². The Balaban J connectivity index is 1.77. The highest BCUT2D eigenvalue weighted by atomic mass is 19.1. The van der Waals surface area contributed by atoms with Crippen LogP contribution in [0.5, 0.6) is 0 Å². The maximum Gasteiger partial charge on any atom is 0.147 e. The molecule has 3 aromatic rings. The van der Waals surface area contributed by atoms with Crippen LogP contribution in [0.3, 0.4) is 0 Å². The number of halogens is 1. The molecule has 0 aliphatic rings. The number of imidazole rings is 1. The molecule has 0 saturated heterocycles. The molecular formula is C19H22FN3O. The van der Waals surface area contributed by atoms with E-state index in [0.717, 1.165) is 47.6 Å². The van der Waals surface area contributed by atoms with Gasteiger partial charge in [-0.05, 0) is 54.3 Å². The Morgan fingerprint density at radius 2 is 2.08 bits per heavy atom. The van der Waals surface area contributed by atoms with Gasteiger partial charge < -0.3 is 14.5 Å². The summed E-state index contributed by atoms with van der Waals surface area (Å²) in [5.41, 5.74) is 3.73. The molecule has 126 valence electrons. The number of fused-ring (bicyclic) bond motifs is 1. The number of ether oxygens (including phenoxy) is 1. The van der Waals surface area contributed by atoms with Crippen molar-refractivity contribution in [1.29, 1.82) is 0 Å². The van der Waals surface area contributed by atoms with Crippen molar-refractivity contribution < 1.29 is 9.13 Å². The minimum atomic E-state index is -0.229. The molecule has 1 aromatic carbocycles. The molecule has 0 aliphatic heterocycles. The first-order valence-electron chi connectivity index (χ1n) is 8.24. The van der Waals surface area contributed by atoms with Crippen molar-refractivity contribution in [3.05, 3.63) is 54.1 Å². The van der Waals surface area contributed by atoms with Crippen LogP contribution in [0.2, 0.25) is 0 Å². The Morgan fingerprint density at radius 3 is 2.92 bits per heavy atom. The van der Waals surface area contributed by atoms with Gasteiger partial charge in [0, 0.05) is 12.8 Å². The van der Waals surface area contributed by atoms with E-state index in [1.807, 2.05) is 35.9 Å². The summed E-state index contributed by atoms with van der Waals surface area (Å²) in [4.78, 5) is 4.50. The Bertz CT molecular complexity index is 829. The summed E-state index contributed by atoms with van der Waals surface area (Å²) < 4.78 is 21.0. The standard InChI is InChI=1S/C19H22FN3O/c1-3-4-9-24-13-21-18-12-23-11-15(6-8-19(23)22-18)17-10-16(20)7-5-14(17)2/h5-8,10-12,21H,3-4,9,13H2,1-2H3. The monoisotopic (exact) mass is 327 g/mol. The van der Waals surface area contributed by atoms with Crippen molar-refractivity contribution >= 4 is 11.5 Å². The van der Waals surface area contributed by atoms with Gasteiger partial charge in [0.05, 0.1) is 6.20 Å². The average molecular weight is 327 g/mol. The predicted octanol–water partition coefficient (Wildman–Crippen LogP) is 4.63. The number of hydrogen-bond donors (Lipinski definition) is 1. The third-order valence-corrected chi connectivity index (χ3v) is 3.96. The van der Waals surface area contributed by atoms with E-state index in [1.54, 1.807) is 12.1 Å². The van der Waals surface area contributed by atoms with E-state index in [4.69, 9.17) is 4.74 Å². The average Bonchev–Trinajstić information content (AvgIpc) is 2.98. The molecule has 2 aromatic heterocycles. The quantitative estimate of drug-likeness (QED) is 0.508. The molecule has 24 heavy (non-hydrogen) atoms. The summed E-state index contributed by atoms with van der Waals surface area (Å²) >= 11 is 0. The minimum Gasteiger partial charge on any atom is -0.361 e. The van der Waals surface area contributed by atoms with Crippen LogP contribution in [-0.4, -0.2) is 22.7 Å². The largest absolute Gasteiger partial charge is 0.361 e. The minimum absolute atomic E-state index is 0.229. The Morgan fingerprint density at radius 1 is 1.21 bits per heavy atom. The Kier molecular flexibility index (Phi) is 5.11. The van der Waals surface area contributed by atoms with Gasteiger partial charge in [-0.1, -0.05) is 19.4 Å². The van der Waals surface area contributed by atoms with Crippen LogP contribution < -0.4 is 5.32 Å². The molecule has 0 amide bonds. The van der Waals surface area contributed by atoms with E-state index >= 15 is 0 Å². The highest BCUT2D eigenvalue weighted by Crippen LogP contribution is 2.25. The van der Waals surface area contributed by atoms with Crippen LogP contribution in [-0.2, 0) is 4.74 Å². The molecular weight excluding hydrogens is 305 g/mol. The lowest BCUT2D eigenvalue weighted by Gasteiger charge is -2.06. The fraction of sp³-hybridized carbons (Fsp3) is 0.316. The lowest BCUT2D eigenvalue weighted by atomic mass is 10.0. The molecule has 5 heteroatoms. The van der Waals surface area contributed by atoms with E-state index in [2.05, 4.69) is 17.2 Å². The number of hydrogen-bond acceptors (Lipinski definition) is 3. The number of aryl methyl sites for hydroxylation is 1. The number of anilines is 1. The summed E-state index contributed by atoms with van der Waals surface area (Å²) in [6.45, 7) is 5.31. The third-order valence-electron chi connectivity index (χ3n) is 3.96. The van der Waals surface area contributed by atoms with Gasteiger partial charge in [0.15, 0.2) is 0 Å². The summed E-state index contributed by atoms with van der Waals surface area (Å²) in [6.07, 6.45) is 6.06. The zero-order valence-corrected chi connectivity index (χ0v) is 14.1. The lowest BCUT2D eigenvalue weighted by molar-refractivity contribution is 0.149. The van der Waals surface area contributed by atoms with E-state index in [-0.39, 0.29) is 5.82 Å². The zero-order valence-electron chi connectivity index (χ0n) is 14.1. The summed E-state index contributed by atoms with van der Waals surface area (Å²) in [7, 11) is 0. The predicted molar refractivity (Wildman–Crippen MR) is 94.7 cm³/mol. The van der Waals surface area contributed by atoms with Gasteiger partial charge in [-0.15, -0.1) is 0 Å². The Labute approximate surface area is 141 Å². The molecule has 0 bridgehead atoms. The first-order chi connectivity index (χ1) is 11.7. The second-order valence-corrected chi connectivity index (χ2v) is 5.85. The lowest BCUT2D eigenvalue weighted by Crippen LogP contribution is -2.06. The van der Waals surface area contributed by atoms with Crippen molar-refractivity contribution in [2.45, 2.75) is 26.7 Å². The number of aromatic nitrogens is 2. The summed E-state index contributed by atoms with van der Waals surface area (Å²) in [5, 5.41) is 3.16. The molecule has 0 saturated carbocycles. The SMILES string of the molecule is CCCCOCNc1cn2cc(-c3cc(F)ccc3C)ccc2n1. The van der Waals surface area contributed by atoms with Gasteiger partial charge in [-0.3, -0.25) is 0 Å².